The topological polar surface area (TPSA) is 78.4 Å². The van der Waals surface area contributed by atoms with Crippen LogP contribution < -0.4 is 10.6 Å². The molecule has 19 heavy (non-hydrogen) atoms. The first-order chi connectivity index (χ1) is 8.99. The van der Waals surface area contributed by atoms with Gasteiger partial charge in [0.1, 0.15) is 5.82 Å². The Labute approximate surface area is 109 Å². The molecule has 3 N–H and O–H groups in total. The molecular weight excluding hydrogens is 251 g/mol. The number of halogens is 1. The SMILES string of the molecule is CC1CCNC1C(=O)Nc1cc(C(=O)O)ccc1F. The lowest BCUT2D eigenvalue weighted by atomic mass is 10.0. The van der Waals surface area contributed by atoms with Crippen molar-refractivity contribution >= 4 is 17.6 Å². The van der Waals surface area contributed by atoms with E-state index in [9.17, 15) is 14.0 Å². The van der Waals surface area contributed by atoms with Gasteiger partial charge in [-0.25, -0.2) is 9.18 Å². The molecule has 1 aliphatic heterocycles. The van der Waals surface area contributed by atoms with Crippen LogP contribution in [-0.4, -0.2) is 29.6 Å². The fraction of sp³-hybridized carbons (Fsp3) is 0.385. The van der Waals surface area contributed by atoms with Crippen molar-refractivity contribution in [3.63, 3.8) is 0 Å². The molecule has 1 fully saturated rings. The number of aromatic carboxylic acids is 1. The van der Waals surface area contributed by atoms with Gasteiger partial charge in [-0.05, 0) is 37.1 Å². The number of anilines is 1. The van der Waals surface area contributed by atoms with E-state index in [1.807, 2.05) is 6.92 Å². The molecule has 0 saturated carbocycles. The Kier molecular flexibility index (Phi) is 3.80. The number of amides is 1. The Morgan fingerprint density at radius 2 is 2.21 bits per heavy atom. The maximum absolute atomic E-state index is 13.5. The molecule has 2 rings (SSSR count). The minimum atomic E-state index is -1.16. The molecule has 1 aromatic carbocycles. The molecule has 1 heterocycles. The molecule has 0 spiro atoms. The first kappa shape index (κ1) is 13.5. The minimum absolute atomic E-state index is 0.0656. The van der Waals surface area contributed by atoms with E-state index in [-0.39, 0.29) is 29.1 Å². The molecule has 1 aliphatic rings. The molecule has 0 aliphatic carbocycles. The second-order valence-electron chi connectivity index (χ2n) is 4.69. The zero-order valence-electron chi connectivity index (χ0n) is 10.4. The van der Waals surface area contributed by atoms with Crippen LogP contribution in [0.25, 0.3) is 0 Å². The van der Waals surface area contributed by atoms with E-state index in [1.165, 1.54) is 0 Å². The third-order valence-electron chi connectivity index (χ3n) is 3.29. The Bertz CT molecular complexity index is 519. The van der Waals surface area contributed by atoms with Crippen molar-refractivity contribution in [2.45, 2.75) is 19.4 Å². The highest BCUT2D eigenvalue weighted by Crippen LogP contribution is 2.20. The summed E-state index contributed by atoms with van der Waals surface area (Å²) in [7, 11) is 0. The lowest BCUT2D eigenvalue weighted by molar-refractivity contribution is -0.118. The van der Waals surface area contributed by atoms with Crippen LogP contribution in [0.1, 0.15) is 23.7 Å². The van der Waals surface area contributed by atoms with Crippen molar-refractivity contribution in [2.24, 2.45) is 5.92 Å². The van der Waals surface area contributed by atoms with Gasteiger partial charge >= 0.3 is 5.97 Å². The number of carbonyl (C=O) groups is 2. The molecule has 6 heteroatoms. The highest BCUT2D eigenvalue weighted by molar-refractivity contribution is 5.97. The lowest BCUT2D eigenvalue weighted by Gasteiger charge is -2.16. The number of carboxylic acids is 1. The predicted molar refractivity (Wildman–Crippen MR) is 67.6 cm³/mol. The maximum atomic E-state index is 13.5. The van der Waals surface area contributed by atoms with Gasteiger partial charge in [0, 0.05) is 0 Å². The number of benzene rings is 1. The van der Waals surface area contributed by atoms with Gasteiger partial charge in [-0.15, -0.1) is 0 Å². The maximum Gasteiger partial charge on any atom is 0.335 e. The molecule has 0 aromatic heterocycles. The molecule has 2 atom stereocenters. The van der Waals surface area contributed by atoms with E-state index < -0.39 is 11.8 Å². The Morgan fingerprint density at radius 1 is 1.47 bits per heavy atom. The summed E-state index contributed by atoms with van der Waals surface area (Å²) in [6.07, 6.45) is 0.885. The summed E-state index contributed by atoms with van der Waals surface area (Å²) in [5.41, 5.74) is -0.171. The number of rotatable bonds is 3. The second-order valence-corrected chi connectivity index (χ2v) is 4.69. The quantitative estimate of drug-likeness (QED) is 0.774. The van der Waals surface area contributed by atoms with Crippen LogP contribution in [0.15, 0.2) is 18.2 Å². The number of carbonyl (C=O) groups excluding carboxylic acids is 1. The normalized spacial score (nSPS) is 22.2. The van der Waals surface area contributed by atoms with E-state index >= 15 is 0 Å². The fourth-order valence-electron chi connectivity index (χ4n) is 2.15. The van der Waals surface area contributed by atoms with Gasteiger partial charge in [0.25, 0.3) is 0 Å². The van der Waals surface area contributed by atoms with Crippen LogP contribution in [0.5, 0.6) is 0 Å². The smallest absolute Gasteiger partial charge is 0.335 e. The van der Waals surface area contributed by atoms with Crippen molar-refractivity contribution in [2.75, 3.05) is 11.9 Å². The van der Waals surface area contributed by atoms with Crippen molar-refractivity contribution in [1.82, 2.24) is 5.32 Å². The van der Waals surface area contributed by atoms with E-state index in [2.05, 4.69) is 10.6 Å². The standard InChI is InChI=1S/C13H15FN2O3/c1-7-4-5-15-11(7)12(17)16-10-6-8(13(18)19)2-3-9(10)14/h2-3,6-7,11,15H,4-5H2,1H3,(H,16,17)(H,18,19). The molecule has 102 valence electrons. The minimum Gasteiger partial charge on any atom is -0.478 e. The summed E-state index contributed by atoms with van der Waals surface area (Å²) >= 11 is 0. The average molecular weight is 266 g/mol. The van der Waals surface area contributed by atoms with Gasteiger partial charge in [-0.2, -0.15) is 0 Å². The van der Waals surface area contributed by atoms with E-state index in [4.69, 9.17) is 5.11 Å². The van der Waals surface area contributed by atoms with Crippen LogP contribution in [0.2, 0.25) is 0 Å². The van der Waals surface area contributed by atoms with Gasteiger partial charge < -0.3 is 15.7 Å². The Morgan fingerprint density at radius 3 is 2.79 bits per heavy atom. The Hall–Kier alpha value is -1.95. The van der Waals surface area contributed by atoms with Gasteiger partial charge in [-0.3, -0.25) is 4.79 Å². The highest BCUT2D eigenvalue weighted by Gasteiger charge is 2.29. The first-order valence-electron chi connectivity index (χ1n) is 6.06. The van der Waals surface area contributed by atoms with Crippen molar-refractivity contribution in [3.8, 4) is 0 Å². The van der Waals surface area contributed by atoms with Gasteiger partial charge in [0.05, 0.1) is 17.3 Å². The second kappa shape index (κ2) is 5.36. The fourth-order valence-corrected chi connectivity index (χ4v) is 2.15. The molecule has 0 radical (unpaired) electrons. The van der Waals surface area contributed by atoms with Crippen LogP contribution >= 0.6 is 0 Å². The molecule has 2 unspecified atom stereocenters. The molecule has 1 amide bonds. The molecule has 1 aromatic rings. The number of carboxylic acid groups (broad SMARTS) is 1. The van der Waals surface area contributed by atoms with Crippen molar-refractivity contribution in [3.05, 3.63) is 29.6 Å². The zero-order valence-corrected chi connectivity index (χ0v) is 10.4. The van der Waals surface area contributed by atoms with Gasteiger partial charge in [-0.1, -0.05) is 6.92 Å². The van der Waals surface area contributed by atoms with E-state index in [0.29, 0.717) is 0 Å². The summed E-state index contributed by atoms with van der Waals surface area (Å²) in [5, 5.41) is 14.3. The van der Waals surface area contributed by atoms with Gasteiger partial charge in [0.15, 0.2) is 0 Å². The predicted octanol–water partition coefficient (Wildman–Crippen LogP) is 1.46. The third-order valence-corrected chi connectivity index (χ3v) is 3.29. The summed E-state index contributed by atoms with van der Waals surface area (Å²) < 4.78 is 13.5. The third kappa shape index (κ3) is 2.90. The summed E-state index contributed by atoms with van der Waals surface area (Å²) in [4.78, 5) is 22.8. The highest BCUT2D eigenvalue weighted by atomic mass is 19.1. The Balaban J connectivity index is 2.16. The zero-order chi connectivity index (χ0) is 14.0. The van der Waals surface area contributed by atoms with E-state index in [1.54, 1.807) is 0 Å². The van der Waals surface area contributed by atoms with Crippen molar-refractivity contribution < 1.29 is 19.1 Å². The number of nitrogens with one attached hydrogen (secondary N) is 2. The molecule has 5 nitrogen and oxygen atoms in total. The molecule has 0 bridgehead atoms. The monoisotopic (exact) mass is 266 g/mol. The first-order valence-corrected chi connectivity index (χ1v) is 6.06. The lowest BCUT2D eigenvalue weighted by Crippen LogP contribution is -2.39. The summed E-state index contributed by atoms with van der Waals surface area (Å²) in [6, 6.07) is 2.94. The number of hydrogen-bond donors (Lipinski definition) is 3. The van der Waals surface area contributed by atoms with Crippen molar-refractivity contribution in [1.29, 1.82) is 0 Å². The molecule has 1 saturated heterocycles. The number of hydrogen-bond acceptors (Lipinski definition) is 3. The van der Waals surface area contributed by atoms with Crippen LogP contribution in [0.4, 0.5) is 10.1 Å². The largest absolute Gasteiger partial charge is 0.478 e. The van der Waals surface area contributed by atoms with Gasteiger partial charge in [0.2, 0.25) is 5.91 Å². The van der Waals surface area contributed by atoms with Crippen LogP contribution in [0, 0.1) is 11.7 Å². The van der Waals surface area contributed by atoms with Crippen LogP contribution in [-0.2, 0) is 4.79 Å². The van der Waals surface area contributed by atoms with E-state index in [0.717, 1.165) is 31.2 Å². The summed E-state index contributed by atoms with van der Waals surface area (Å²) in [5.74, 6) is -1.98. The van der Waals surface area contributed by atoms with Crippen LogP contribution in [0.3, 0.4) is 0 Å². The average Bonchev–Trinajstić information content (AvgIpc) is 2.78. The summed E-state index contributed by atoms with van der Waals surface area (Å²) in [6.45, 7) is 2.69. The molecular formula is C13H15FN2O3.